The third kappa shape index (κ3) is 4.39. The van der Waals surface area contributed by atoms with Crippen LogP contribution in [0.4, 0.5) is 0 Å². The summed E-state index contributed by atoms with van der Waals surface area (Å²) in [6.07, 6.45) is 8.03. The van der Waals surface area contributed by atoms with E-state index in [1.165, 1.54) is 25.0 Å². The van der Waals surface area contributed by atoms with Crippen LogP contribution in [0, 0.1) is 0 Å². The van der Waals surface area contributed by atoms with Crippen molar-refractivity contribution in [1.82, 2.24) is 10.3 Å². The van der Waals surface area contributed by atoms with Crippen molar-refractivity contribution in [3.8, 4) is 0 Å². The van der Waals surface area contributed by atoms with Gasteiger partial charge in [-0.05, 0) is 44.4 Å². The van der Waals surface area contributed by atoms with Crippen molar-refractivity contribution in [2.24, 2.45) is 0 Å². The first-order valence-corrected chi connectivity index (χ1v) is 7.13. The van der Waals surface area contributed by atoms with Crippen LogP contribution < -0.4 is 5.32 Å². The Hall–Kier alpha value is -0.930. The lowest BCUT2D eigenvalue weighted by Gasteiger charge is -2.21. The summed E-state index contributed by atoms with van der Waals surface area (Å²) in [7, 11) is 0. The SMILES string of the molecule is CCCNC(Cc1ccccn1)CC1CCCO1. The van der Waals surface area contributed by atoms with Crippen LogP contribution in [0.3, 0.4) is 0 Å². The Morgan fingerprint density at radius 2 is 2.44 bits per heavy atom. The molecular weight excluding hydrogens is 224 g/mol. The summed E-state index contributed by atoms with van der Waals surface area (Å²) < 4.78 is 5.74. The molecule has 1 aromatic heterocycles. The van der Waals surface area contributed by atoms with Gasteiger partial charge in [0, 0.05) is 31.0 Å². The molecule has 1 aliphatic rings. The van der Waals surface area contributed by atoms with Crippen LogP contribution in [-0.4, -0.2) is 30.3 Å². The topological polar surface area (TPSA) is 34.2 Å². The number of nitrogens with zero attached hydrogens (tertiary/aromatic N) is 1. The van der Waals surface area contributed by atoms with Gasteiger partial charge in [-0.25, -0.2) is 0 Å². The third-order valence-electron chi connectivity index (χ3n) is 3.44. The van der Waals surface area contributed by atoms with Gasteiger partial charge in [0.2, 0.25) is 0 Å². The lowest BCUT2D eigenvalue weighted by Crippen LogP contribution is -2.35. The highest BCUT2D eigenvalue weighted by Crippen LogP contribution is 2.18. The first-order valence-electron chi connectivity index (χ1n) is 7.13. The molecule has 0 amide bonds. The van der Waals surface area contributed by atoms with Crippen molar-refractivity contribution in [2.45, 2.75) is 51.2 Å². The molecule has 0 saturated carbocycles. The molecule has 0 aliphatic carbocycles. The predicted octanol–water partition coefficient (Wildman–Crippen LogP) is 2.56. The van der Waals surface area contributed by atoms with Gasteiger partial charge in [0.1, 0.15) is 0 Å². The van der Waals surface area contributed by atoms with Crippen LogP contribution >= 0.6 is 0 Å². The quantitative estimate of drug-likeness (QED) is 0.805. The van der Waals surface area contributed by atoms with Gasteiger partial charge in [0.15, 0.2) is 0 Å². The summed E-state index contributed by atoms with van der Waals surface area (Å²) in [4.78, 5) is 4.42. The zero-order valence-electron chi connectivity index (χ0n) is 11.3. The van der Waals surface area contributed by atoms with E-state index < -0.39 is 0 Å². The Morgan fingerprint density at radius 3 is 3.11 bits per heavy atom. The van der Waals surface area contributed by atoms with Gasteiger partial charge in [0.05, 0.1) is 6.10 Å². The zero-order chi connectivity index (χ0) is 12.6. The number of pyridine rings is 1. The maximum atomic E-state index is 5.74. The summed E-state index contributed by atoms with van der Waals surface area (Å²) in [5, 5.41) is 3.62. The normalized spacial score (nSPS) is 21.1. The van der Waals surface area contributed by atoms with E-state index in [1.54, 1.807) is 0 Å². The van der Waals surface area contributed by atoms with Crippen LogP contribution in [0.2, 0.25) is 0 Å². The molecule has 0 bridgehead atoms. The van der Waals surface area contributed by atoms with Crippen LogP contribution in [-0.2, 0) is 11.2 Å². The second kappa shape index (κ2) is 7.49. The molecule has 3 nitrogen and oxygen atoms in total. The van der Waals surface area contributed by atoms with Gasteiger partial charge in [-0.1, -0.05) is 13.0 Å². The summed E-state index contributed by atoms with van der Waals surface area (Å²) in [6, 6.07) is 6.63. The van der Waals surface area contributed by atoms with Crippen LogP contribution in [0.5, 0.6) is 0 Å². The first kappa shape index (κ1) is 13.5. The molecule has 2 atom stereocenters. The van der Waals surface area contributed by atoms with Crippen molar-refractivity contribution in [3.05, 3.63) is 30.1 Å². The molecule has 1 aromatic rings. The molecule has 0 spiro atoms. The number of rotatable bonds is 7. The number of hydrogen-bond acceptors (Lipinski definition) is 3. The minimum atomic E-state index is 0.447. The maximum Gasteiger partial charge on any atom is 0.0591 e. The van der Waals surface area contributed by atoms with Crippen LogP contribution in [0.15, 0.2) is 24.4 Å². The van der Waals surface area contributed by atoms with Gasteiger partial charge in [-0.15, -0.1) is 0 Å². The van der Waals surface area contributed by atoms with Crippen LogP contribution in [0.25, 0.3) is 0 Å². The fourth-order valence-corrected chi connectivity index (χ4v) is 2.51. The largest absolute Gasteiger partial charge is 0.378 e. The molecule has 1 fully saturated rings. The van der Waals surface area contributed by atoms with Gasteiger partial charge >= 0.3 is 0 Å². The molecule has 100 valence electrons. The van der Waals surface area contributed by atoms with Crippen molar-refractivity contribution in [1.29, 1.82) is 0 Å². The lowest BCUT2D eigenvalue weighted by molar-refractivity contribution is 0.0945. The Morgan fingerprint density at radius 1 is 1.50 bits per heavy atom. The lowest BCUT2D eigenvalue weighted by atomic mass is 10.0. The van der Waals surface area contributed by atoms with Gasteiger partial charge in [0.25, 0.3) is 0 Å². The van der Waals surface area contributed by atoms with E-state index in [4.69, 9.17) is 4.74 Å². The summed E-state index contributed by atoms with van der Waals surface area (Å²) in [6.45, 7) is 4.22. The molecule has 2 rings (SSSR count). The summed E-state index contributed by atoms with van der Waals surface area (Å²) >= 11 is 0. The summed E-state index contributed by atoms with van der Waals surface area (Å²) in [5.74, 6) is 0. The highest BCUT2D eigenvalue weighted by atomic mass is 16.5. The molecule has 1 N–H and O–H groups in total. The maximum absolute atomic E-state index is 5.74. The Balaban J connectivity index is 1.87. The average Bonchev–Trinajstić information content (AvgIpc) is 2.90. The Bertz CT molecular complexity index is 323. The number of hydrogen-bond donors (Lipinski definition) is 1. The highest BCUT2D eigenvalue weighted by molar-refractivity contribution is 5.05. The van der Waals surface area contributed by atoms with Gasteiger partial charge in [-0.3, -0.25) is 4.98 Å². The Kier molecular flexibility index (Phi) is 5.62. The fraction of sp³-hybridized carbons (Fsp3) is 0.667. The molecular formula is C15H24N2O. The van der Waals surface area contributed by atoms with E-state index in [0.29, 0.717) is 12.1 Å². The molecule has 1 aliphatic heterocycles. The van der Waals surface area contributed by atoms with Crippen molar-refractivity contribution < 1.29 is 4.74 Å². The third-order valence-corrected chi connectivity index (χ3v) is 3.44. The molecule has 0 radical (unpaired) electrons. The minimum Gasteiger partial charge on any atom is -0.378 e. The van der Waals surface area contributed by atoms with E-state index in [-0.39, 0.29) is 0 Å². The van der Waals surface area contributed by atoms with E-state index in [9.17, 15) is 0 Å². The van der Waals surface area contributed by atoms with E-state index in [1.807, 2.05) is 12.3 Å². The summed E-state index contributed by atoms with van der Waals surface area (Å²) in [5.41, 5.74) is 1.17. The molecule has 0 aromatic carbocycles. The second-order valence-electron chi connectivity index (χ2n) is 5.05. The number of nitrogens with one attached hydrogen (secondary N) is 1. The first-order chi connectivity index (χ1) is 8.88. The molecule has 18 heavy (non-hydrogen) atoms. The van der Waals surface area contributed by atoms with Gasteiger partial charge < -0.3 is 10.1 Å². The van der Waals surface area contributed by atoms with Crippen LogP contribution in [0.1, 0.15) is 38.3 Å². The molecule has 2 unspecified atom stereocenters. The van der Waals surface area contributed by atoms with Gasteiger partial charge in [-0.2, -0.15) is 0 Å². The van der Waals surface area contributed by atoms with E-state index in [2.05, 4.69) is 29.4 Å². The predicted molar refractivity (Wildman–Crippen MR) is 73.6 cm³/mol. The van der Waals surface area contributed by atoms with Crippen molar-refractivity contribution >= 4 is 0 Å². The standard InChI is InChI=1S/C15H24N2O/c1-2-8-16-14(12-15-7-5-10-18-15)11-13-6-3-4-9-17-13/h3-4,6,9,14-16H,2,5,7-8,10-12H2,1H3. The smallest absolute Gasteiger partial charge is 0.0591 e. The van der Waals surface area contributed by atoms with Crippen molar-refractivity contribution in [3.63, 3.8) is 0 Å². The zero-order valence-corrected chi connectivity index (χ0v) is 11.3. The second-order valence-corrected chi connectivity index (χ2v) is 5.05. The molecule has 2 heterocycles. The minimum absolute atomic E-state index is 0.447. The fourth-order valence-electron chi connectivity index (χ4n) is 2.51. The Labute approximate surface area is 110 Å². The monoisotopic (exact) mass is 248 g/mol. The van der Waals surface area contributed by atoms with Crippen molar-refractivity contribution in [2.75, 3.05) is 13.2 Å². The van der Waals surface area contributed by atoms with E-state index >= 15 is 0 Å². The molecule has 1 saturated heterocycles. The average molecular weight is 248 g/mol. The highest BCUT2D eigenvalue weighted by Gasteiger charge is 2.20. The molecule has 3 heteroatoms. The van der Waals surface area contributed by atoms with E-state index in [0.717, 1.165) is 26.0 Å². The number of aromatic nitrogens is 1. The number of ether oxygens (including phenoxy) is 1.